The summed E-state index contributed by atoms with van der Waals surface area (Å²) in [6.45, 7) is 16.0. The Labute approximate surface area is 407 Å². The highest BCUT2D eigenvalue weighted by atomic mass is 35.5. The van der Waals surface area contributed by atoms with Crippen molar-refractivity contribution in [2.75, 3.05) is 83.6 Å². The fourth-order valence-electron chi connectivity index (χ4n) is 10.7. The van der Waals surface area contributed by atoms with Crippen LogP contribution in [0.5, 0.6) is 17.2 Å². The molecule has 10 rings (SSSR count). The maximum absolute atomic E-state index is 14.2. The van der Waals surface area contributed by atoms with Crippen molar-refractivity contribution in [1.82, 2.24) is 29.4 Å². The Hall–Kier alpha value is -5.56. The minimum absolute atomic E-state index is 0.0245. The van der Waals surface area contributed by atoms with Gasteiger partial charge in [0.05, 0.1) is 53.0 Å². The number of nitro groups is 1. The van der Waals surface area contributed by atoms with Crippen molar-refractivity contribution in [3.63, 3.8) is 0 Å². The molecule has 3 aromatic carbocycles. The number of anilines is 1. The van der Waals surface area contributed by atoms with Crippen LogP contribution in [0.25, 0.3) is 16.6 Å². The number of carbonyl (C=O) groups excluding carboxylic acids is 1. The Balaban J connectivity index is 0.850. The average Bonchev–Trinajstić information content (AvgIpc) is 3.78. The predicted molar refractivity (Wildman–Crippen MR) is 265 cm³/mol. The SMILES string of the molecule is C[C@H]1CN(C[C@H]2COc3cc(S(=O)(=O)NC(=O)c4ccc(N5CCN(CC6=C(c7ccc(Cl)cc7)CC(C)(C)CC6)CC5)cc4Oc4cnc5[nH]ccc5c4)cc([N+](=O)[O-])c3C2)CCN1C1COC1. The topological polar surface area (TPSA) is 176 Å². The molecule has 18 heteroatoms. The van der Waals surface area contributed by atoms with Gasteiger partial charge in [0.1, 0.15) is 22.9 Å². The summed E-state index contributed by atoms with van der Waals surface area (Å²) in [6, 6.07) is 20.0. The lowest BCUT2D eigenvalue weighted by molar-refractivity contribution is -0.386. The van der Waals surface area contributed by atoms with Crippen LogP contribution in [0.2, 0.25) is 5.02 Å². The molecule has 2 N–H and O–H groups in total. The van der Waals surface area contributed by atoms with Gasteiger partial charge in [0.15, 0.2) is 0 Å². The van der Waals surface area contributed by atoms with Crippen molar-refractivity contribution in [3.8, 4) is 17.2 Å². The highest BCUT2D eigenvalue weighted by Crippen LogP contribution is 2.44. The Morgan fingerprint density at radius 1 is 1.00 bits per heavy atom. The van der Waals surface area contributed by atoms with Crippen LogP contribution in [0, 0.1) is 21.4 Å². The van der Waals surface area contributed by atoms with E-state index in [-0.39, 0.29) is 40.7 Å². The molecule has 0 unspecified atom stereocenters. The highest BCUT2D eigenvalue weighted by molar-refractivity contribution is 7.90. The lowest BCUT2D eigenvalue weighted by Gasteiger charge is -2.47. The maximum Gasteiger partial charge on any atom is 0.277 e. The van der Waals surface area contributed by atoms with E-state index in [1.54, 1.807) is 30.5 Å². The second-order valence-electron chi connectivity index (χ2n) is 20.1. The highest BCUT2D eigenvalue weighted by Gasteiger charge is 2.37. The molecular formula is C51H59ClN8O8S. The molecule has 5 aliphatic rings. The van der Waals surface area contributed by atoms with Crippen LogP contribution >= 0.6 is 11.6 Å². The number of fused-ring (bicyclic) bond motifs is 2. The molecule has 0 radical (unpaired) electrons. The number of rotatable bonds is 13. The van der Waals surface area contributed by atoms with Crippen molar-refractivity contribution in [1.29, 1.82) is 0 Å². The number of amides is 1. The van der Waals surface area contributed by atoms with Gasteiger partial charge in [0.25, 0.3) is 21.6 Å². The summed E-state index contributed by atoms with van der Waals surface area (Å²) in [5.74, 6) is -0.385. The summed E-state index contributed by atoms with van der Waals surface area (Å²) in [4.78, 5) is 42.7. The number of H-pyrrole nitrogens is 1. The van der Waals surface area contributed by atoms with Crippen molar-refractivity contribution >= 4 is 55.5 Å². The molecule has 6 heterocycles. The molecule has 1 amide bonds. The summed E-state index contributed by atoms with van der Waals surface area (Å²) in [7, 11) is -4.64. The summed E-state index contributed by atoms with van der Waals surface area (Å²) in [6.07, 6.45) is 6.84. The number of nitrogens with one attached hydrogen (secondary N) is 2. The van der Waals surface area contributed by atoms with Gasteiger partial charge in [0.2, 0.25) is 0 Å². The molecular weight excluding hydrogens is 920 g/mol. The molecule has 69 heavy (non-hydrogen) atoms. The number of piperazine rings is 2. The van der Waals surface area contributed by atoms with Crippen LogP contribution in [0.3, 0.4) is 0 Å². The van der Waals surface area contributed by atoms with Crippen LogP contribution in [0.4, 0.5) is 11.4 Å². The third-order valence-electron chi connectivity index (χ3n) is 14.6. The number of nitrogens with zero attached hydrogens (tertiary/aromatic N) is 6. The number of benzene rings is 3. The van der Waals surface area contributed by atoms with Crippen LogP contribution < -0.4 is 19.1 Å². The molecule has 3 fully saturated rings. The van der Waals surface area contributed by atoms with Crippen LogP contribution in [0.15, 0.2) is 89.6 Å². The smallest absolute Gasteiger partial charge is 0.277 e. The second-order valence-corrected chi connectivity index (χ2v) is 22.2. The molecule has 3 saturated heterocycles. The molecule has 0 spiro atoms. The maximum atomic E-state index is 14.2. The molecule has 2 aromatic heterocycles. The van der Waals surface area contributed by atoms with Crippen molar-refractivity contribution in [3.05, 3.63) is 117 Å². The number of halogens is 1. The zero-order valence-corrected chi connectivity index (χ0v) is 40.9. The summed E-state index contributed by atoms with van der Waals surface area (Å²) >= 11 is 6.26. The van der Waals surface area contributed by atoms with Gasteiger partial charge in [-0.1, -0.05) is 43.2 Å². The number of hydrogen-bond donors (Lipinski definition) is 2. The Morgan fingerprint density at radius 2 is 1.78 bits per heavy atom. The molecule has 16 nitrogen and oxygen atoms in total. The van der Waals surface area contributed by atoms with Gasteiger partial charge in [-0.2, -0.15) is 0 Å². The first-order valence-corrected chi connectivity index (χ1v) is 25.8. The summed E-state index contributed by atoms with van der Waals surface area (Å²) in [5.41, 5.74) is 5.73. The van der Waals surface area contributed by atoms with Gasteiger partial charge >= 0.3 is 0 Å². The first-order valence-electron chi connectivity index (χ1n) is 23.9. The normalized spacial score (nSPS) is 21.7. The first kappa shape index (κ1) is 47.1. The van der Waals surface area contributed by atoms with Crippen molar-refractivity contribution < 1.29 is 32.3 Å². The van der Waals surface area contributed by atoms with Crippen LogP contribution in [0.1, 0.15) is 61.5 Å². The number of aromatic amines is 1. The Morgan fingerprint density at radius 3 is 2.52 bits per heavy atom. The second kappa shape index (κ2) is 19.3. The van der Waals surface area contributed by atoms with Gasteiger partial charge in [-0.05, 0) is 85.6 Å². The van der Waals surface area contributed by atoms with Crippen molar-refractivity contribution in [2.45, 2.75) is 63.4 Å². The van der Waals surface area contributed by atoms with E-state index in [1.807, 2.05) is 18.2 Å². The lowest BCUT2D eigenvalue weighted by Crippen LogP contribution is -2.61. The molecule has 4 aliphatic heterocycles. The minimum Gasteiger partial charge on any atom is -0.493 e. The van der Waals surface area contributed by atoms with E-state index in [2.05, 4.69) is 67.2 Å². The van der Waals surface area contributed by atoms with Crippen molar-refractivity contribution in [2.24, 2.45) is 11.3 Å². The number of pyridine rings is 1. The fraction of sp³-hybridized carbons (Fsp3) is 0.451. The van der Waals surface area contributed by atoms with Gasteiger partial charge in [-0.25, -0.2) is 18.1 Å². The molecule has 2 atom stereocenters. The Bertz CT molecular complexity index is 2900. The monoisotopic (exact) mass is 978 g/mol. The molecule has 0 saturated carbocycles. The van der Waals surface area contributed by atoms with E-state index in [4.69, 9.17) is 25.8 Å². The minimum atomic E-state index is -4.64. The van der Waals surface area contributed by atoms with Crippen LogP contribution in [-0.4, -0.2) is 135 Å². The zero-order valence-electron chi connectivity index (χ0n) is 39.3. The van der Waals surface area contributed by atoms with E-state index in [0.29, 0.717) is 42.0 Å². The number of sulfonamides is 1. The van der Waals surface area contributed by atoms with E-state index in [9.17, 15) is 23.3 Å². The average molecular weight is 980 g/mol. The van der Waals surface area contributed by atoms with Gasteiger partial charge in [0, 0.05) is 111 Å². The van der Waals surface area contributed by atoms with E-state index >= 15 is 0 Å². The Kier molecular flexibility index (Phi) is 13.2. The standard InChI is InChI=1S/C51H59ClN8O8S/c1-33-27-57(16-19-59(33)40-31-66-32-40)28-34-20-44-46(60(62)63)23-42(24-47(44)67-30-34)69(64,65)55-50(61)43-9-8-39(22-48(43)68-41-21-36-11-13-53-49(36)54-26-41)58-17-14-56(15-18-58)29-37-10-12-51(2,3)25-45(37)35-4-6-38(52)7-5-35/h4-9,11,13,21-24,26,33-34,40H,10,12,14-20,25,27-32H2,1-3H3,(H,53,54)(H,55,61)/t33-,34-/m0/s1. The van der Waals surface area contributed by atoms with E-state index in [1.165, 1.54) is 29.0 Å². The van der Waals surface area contributed by atoms with E-state index in [0.717, 1.165) is 107 Å². The summed E-state index contributed by atoms with van der Waals surface area (Å²) in [5, 5.41) is 14.0. The molecule has 5 aromatic rings. The largest absolute Gasteiger partial charge is 0.493 e. The first-order chi connectivity index (χ1) is 33.1. The number of allylic oxidation sites excluding steroid dienone is 1. The van der Waals surface area contributed by atoms with Gasteiger partial charge in [-0.15, -0.1) is 0 Å². The molecule has 0 bridgehead atoms. The fourth-order valence-corrected chi connectivity index (χ4v) is 11.8. The van der Waals surface area contributed by atoms with Crippen LogP contribution in [-0.2, 0) is 21.2 Å². The van der Waals surface area contributed by atoms with E-state index < -0.39 is 25.7 Å². The number of nitro benzene ring substituents is 1. The zero-order chi connectivity index (χ0) is 48.0. The molecule has 364 valence electrons. The predicted octanol–water partition coefficient (Wildman–Crippen LogP) is 7.78. The van der Waals surface area contributed by atoms with Gasteiger partial charge in [-0.3, -0.25) is 24.7 Å². The van der Waals surface area contributed by atoms with Gasteiger partial charge < -0.3 is 29.0 Å². The third-order valence-corrected chi connectivity index (χ3v) is 16.1. The third kappa shape index (κ3) is 10.4. The number of ether oxygens (including phenoxy) is 3. The molecule has 1 aliphatic carbocycles. The quantitative estimate of drug-likeness (QED) is 0.0866. The number of carbonyl (C=O) groups is 1. The summed E-state index contributed by atoms with van der Waals surface area (Å²) < 4.78 is 48.1. The lowest BCUT2D eigenvalue weighted by atomic mass is 9.72. The number of hydrogen-bond acceptors (Lipinski definition) is 13. The number of aromatic nitrogens is 2.